The lowest BCUT2D eigenvalue weighted by Gasteiger charge is -2.22. The maximum absolute atomic E-state index is 5.12. The maximum Gasteiger partial charge on any atom is 0.145 e. The SMILES string of the molecule is C1=CCCC(c2c3ccccc3c(C3=CN=C(c4ccc(-c5ccc6c(c5)c5cccnc5n6-c5ccccc5)cc4)CC3)c3ccccc23)=C1. The van der Waals surface area contributed by atoms with Gasteiger partial charge in [-0.1, -0.05) is 115 Å². The molecule has 0 saturated heterocycles. The number of benzene rings is 6. The number of pyridine rings is 1. The Balaban J connectivity index is 1.01. The Morgan fingerprint density at radius 1 is 0.510 bits per heavy atom. The molecule has 0 atom stereocenters. The highest BCUT2D eigenvalue weighted by atomic mass is 15.0. The molecule has 0 amide bonds. The van der Waals surface area contributed by atoms with E-state index in [1.54, 1.807) is 0 Å². The Hall–Kier alpha value is -6.32. The van der Waals surface area contributed by atoms with Crippen molar-refractivity contribution in [2.75, 3.05) is 0 Å². The molecule has 242 valence electrons. The minimum atomic E-state index is 0.906. The highest BCUT2D eigenvalue weighted by Gasteiger charge is 2.21. The fourth-order valence-corrected chi connectivity index (χ4v) is 8.30. The third-order valence-electron chi connectivity index (χ3n) is 10.7. The van der Waals surface area contributed by atoms with Gasteiger partial charge in [0.05, 0.1) is 5.52 Å². The van der Waals surface area contributed by atoms with Crippen LogP contribution in [0.15, 0.2) is 169 Å². The third kappa shape index (κ3) is 4.96. The summed E-state index contributed by atoms with van der Waals surface area (Å²) in [6, 6.07) is 48.3. The molecular formula is C48H35N3. The monoisotopic (exact) mass is 653 g/mol. The van der Waals surface area contributed by atoms with Crippen molar-refractivity contribution >= 4 is 60.3 Å². The highest BCUT2D eigenvalue weighted by Crippen LogP contribution is 2.43. The van der Waals surface area contributed by atoms with Gasteiger partial charge < -0.3 is 0 Å². The zero-order chi connectivity index (χ0) is 33.7. The lowest BCUT2D eigenvalue weighted by molar-refractivity contribution is 1.06. The molecule has 0 unspecified atom stereocenters. The molecule has 3 heteroatoms. The molecule has 3 nitrogen and oxygen atoms in total. The largest absolute Gasteiger partial charge is 0.294 e. The van der Waals surface area contributed by atoms with Gasteiger partial charge in [-0.3, -0.25) is 9.56 Å². The van der Waals surface area contributed by atoms with Gasteiger partial charge in [0.1, 0.15) is 5.65 Å². The van der Waals surface area contributed by atoms with Crippen LogP contribution in [0.2, 0.25) is 0 Å². The van der Waals surface area contributed by atoms with Gasteiger partial charge >= 0.3 is 0 Å². The van der Waals surface area contributed by atoms with Gasteiger partial charge in [-0.2, -0.15) is 0 Å². The maximum atomic E-state index is 5.12. The van der Waals surface area contributed by atoms with Crippen LogP contribution in [0.5, 0.6) is 0 Å². The van der Waals surface area contributed by atoms with Gasteiger partial charge in [-0.05, 0) is 123 Å². The van der Waals surface area contributed by atoms with E-state index in [0.717, 1.165) is 53.6 Å². The summed E-state index contributed by atoms with van der Waals surface area (Å²) in [5, 5.41) is 7.66. The topological polar surface area (TPSA) is 30.2 Å². The molecule has 2 aliphatic rings. The van der Waals surface area contributed by atoms with Crippen molar-refractivity contribution in [2.45, 2.75) is 25.7 Å². The van der Waals surface area contributed by atoms with E-state index >= 15 is 0 Å². The van der Waals surface area contributed by atoms with Gasteiger partial charge in [0.2, 0.25) is 0 Å². The predicted molar refractivity (Wildman–Crippen MR) is 216 cm³/mol. The van der Waals surface area contributed by atoms with Crippen molar-refractivity contribution in [2.24, 2.45) is 4.99 Å². The van der Waals surface area contributed by atoms with Crippen LogP contribution in [0.25, 0.3) is 71.4 Å². The number of rotatable bonds is 5. The number of aliphatic imine (C=N–C) groups is 1. The smallest absolute Gasteiger partial charge is 0.145 e. The minimum Gasteiger partial charge on any atom is -0.294 e. The van der Waals surface area contributed by atoms with Crippen LogP contribution in [-0.2, 0) is 0 Å². The van der Waals surface area contributed by atoms with E-state index in [1.165, 1.54) is 65.9 Å². The van der Waals surface area contributed by atoms with Crippen LogP contribution >= 0.6 is 0 Å². The zero-order valence-electron chi connectivity index (χ0n) is 28.3. The number of allylic oxidation sites excluding steroid dienone is 5. The summed E-state index contributed by atoms with van der Waals surface area (Å²) in [5.41, 5.74) is 13.4. The molecular weight excluding hydrogens is 619 g/mol. The van der Waals surface area contributed by atoms with Crippen LogP contribution in [0.4, 0.5) is 0 Å². The van der Waals surface area contributed by atoms with Crippen molar-refractivity contribution in [1.82, 2.24) is 9.55 Å². The van der Waals surface area contributed by atoms with Crippen LogP contribution in [0.3, 0.4) is 0 Å². The number of fused-ring (bicyclic) bond motifs is 5. The number of para-hydroxylation sites is 1. The summed E-state index contributed by atoms with van der Waals surface area (Å²) in [4.78, 5) is 9.90. The average Bonchev–Trinajstić information content (AvgIpc) is 3.54. The first-order valence-electron chi connectivity index (χ1n) is 17.9. The third-order valence-corrected chi connectivity index (χ3v) is 10.7. The molecule has 0 spiro atoms. The predicted octanol–water partition coefficient (Wildman–Crippen LogP) is 12.5. The van der Waals surface area contributed by atoms with Gasteiger partial charge in [0, 0.05) is 34.6 Å². The standard InChI is InChI=1S/C48H35N3/c1-3-12-34(13-4-1)46-38-16-7-9-18-40(38)47(41-19-10-8-17-39(41)46)36-25-27-44(50-31-36)33-23-21-32(22-24-33)35-26-28-45-43(30-35)42-20-11-29-49-48(42)51(45)37-14-5-2-6-15-37/h1-3,5-12,14-24,26,28-31H,4,13,25,27H2. The summed E-state index contributed by atoms with van der Waals surface area (Å²) in [6.45, 7) is 0. The van der Waals surface area contributed by atoms with E-state index in [9.17, 15) is 0 Å². The summed E-state index contributed by atoms with van der Waals surface area (Å²) >= 11 is 0. The molecule has 1 aliphatic carbocycles. The summed E-state index contributed by atoms with van der Waals surface area (Å²) in [5.74, 6) is 0. The second-order valence-electron chi connectivity index (χ2n) is 13.6. The van der Waals surface area contributed by atoms with E-state index in [0.29, 0.717) is 0 Å². The Morgan fingerprint density at radius 2 is 1.16 bits per heavy atom. The first kappa shape index (κ1) is 29.6. The van der Waals surface area contributed by atoms with E-state index < -0.39 is 0 Å². The molecule has 0 fully saturated rings. The normalized spacial score (nSPS) is 14.6. The van der Waals surface area contributed by atoms with E-state index in [4.69, 9.17) is 9.98 Å². The number of hydrogen-bond acceptors (Lipinski definition) is 2. The van der Waals surface area contributed by atoms with Crippen molar-refractivity contribution in [3.63, 3.8) is 0 Å². The van der Waals surface area contributed by atoms with Gasteiger partial charge in [-0.15, -0.1) is 0 Å². The highest BCUT2D eigenvalue weighted by molar-refractivity contribution is 6.17. The molecule has 2 aromatic heterocycles. The summed E-state index contributed by atoms with van der Waals surface area (Å²) in [6.07, 6.45) is 14.8. The lowest BCUT2D eigenvalue weighted by atomic mass is 9.82. The van der Waals surface area contributed by atoms with Gasteiger partial charge in [0.25, 0.3) is 0 Å². The Labute approximate surface area is 297 Å². The van der Waals surface area contributed by atoms with Crippen molar-refractivity contribution in [3.05, 3.63) is 181 Å². The quantitative estimate of drug-likeness (QED) is 0.170. The van der Waals surface area contributed by atoms with E-state index in [2.05, 4.69) is 156 Å². The van der Waals surface area contributed by atoms with Crippen molar-refractivity contribution in [1.29, 1.82) is 0 Å². The van der Waals surface area contributed by atoms with Gasteiger partial charge in [-0.25, -0.2) is 4.98 Å². The Bertz CT molecular complexity index is 2720. The molecule has 10 rings (SSSR count). The molecule has 51 heavy (non-hydrogen) atoms. The Morgan fingerprint density at radius 3 is 1.82 bits per heavy atom. The molecule has 0 saturated carbocycles. The molecule has 8 aromatic rings. The fraction of sp³-hybridized carbons (Fsp3) is 0.0833. The molecule has 0 bridgehead atoms. The molecule has 0 N–H and O–H groups in total. The molecule has 1 aliphatic heterocycles. The minimum absolute atomic E-state index is 0.906. The van der Waals surface area contributed by atoms with Gasteiger partial charge in [0.15, 0.2) is 0 Å². The second kappa shape index (κ2) is 12.2. The number of aromatic nitrogens is 2. The first-order chi connectivity index (χ1) is 25.3. The van der Waals surface area contributed by atoms with Crippen molar-refractivity contribution < 1.29 is 0 Å². The molecule has 0 radical (unpaired) electrons. The number of hydrogen-bond donors (Lipinski definition) is 0. The fourth-order valence-electron chi connectivity index (χ4n) is 8.30. The van der Waals surface area contributed by atoms with Crippen LogP contribution in [0.1, 0.15) is 42.4 Å². The molecule has 3 heterocycles. The summed E-state index contributed by atoms with van der Waals surface area (Å²) in [7, 11) is 0. The van der Waals surface area contributed by atoms with Crippen molar-refractivity contribution in [3.8, 4) is 16.8 Å². The van der Waals surface area contributed by atoms with Crippen LogP contribution in [-0.4, -0.2) is 15.3 Å². The molecule has 6 aromatic carbocycles. The number of nitrogens with zero attached hydrogens (tertiary/aromatic N) is 3. The second-order valence-corrected chi connectivity index (χ2v) is 13.6. The van der Waals surface area contributed by atoms with Crippen LogP contribution < -0.4 is 0 Å². The lowest BCUT2D eigenvalue weighted by Crippen LogP contribution is -2.06. The Kier molecular flexibility index (Phi) is 7.09. The van der Waals surface area contributed by atoms with Crippen LogP contribution in [0, 0.1) is 0 Å². The van der Waals surface area contributed by atoms with E-state index in [-0.39, 0.29) is 0 Å². The zero-order valence-corrected chi connectivity index (χ0v) is 28.3. The van der Waals surface area contributed by atoms with E-state index in [1.807, 2.05) is 12.3 Å². The first-order valence-corrected chi connectivity index (χ1v) is 17.9. The average molecular weight is 654 g/mol. The summed E-state index contributed by atoms with van der Waals surface area (Å²) < 4.78 is 2.26.